The van der Waals surface area contributed by atoms with Gasteiger partial charge < -0.3 is 5.73 Å². The minimum absolute atomic E-state index is 0.126. The molecule has 0 aromatic heterocycles. The summed E-state index contributed by atoms with van der Waals surface area (Å²) in [6.07, 6.45) is 0. The maximum atomic E-state index is 13.3. The van der Waals surface area contributed by atoms with Crippen molar-refractivity contribution in [1.29, 1.82) is 0 Å². The molecule has 0 bridgehead atoms. The lowest BCUT2D eigenvalue weighted by Crippen LogP contribution is -2.38. The Morgan fingerprint density at radius 1 is 1.56 bits per heavy atom. The van der Waals surface area contributed by atoms with Gasteiger partial charge in [-0.3, -0.25) is 0 Å². The molecular weight excluding hydrogens is 255 g/mol. The van der Waals surface area contributed by atoms with Crippen LogP contribution in [-0.4, -0.2) is 21.0 Å². The molecule has 0 spiro atoms. The Kier molecular flexibility index (Phi) is 4.26. The lowest BCUT2D eigenvalue weighted by molar-refractivity contribution is 0.544. The summed E-state index contributed by atoms with van der Waals surface area (Å²) in [7, 11) is -3.91. The van der Waals surface area contributed by atoms with Gasteiger partial charge in [-0.05, 0) is 25.1 Å². The predicted octanol–water partition coefficient (Wildman–Crippen LogP) is 1.10. The van der Waals surface area contributed by atoms with Gasteiger partial charge in [0.2, 0.25) is 10.0 Å². The van der Waals surface area contributed by atoms with Crippen molar-refractivity contribution >= 4 is 21.6 Å². The largest absolute Gasteiger partial charge is 0.329 e. The molecule has 0 heterocycles. The summed E-state index contributed by atoms with van der Waals surface area (Å²) in [5.41, 5.74) is 5.28. The highest BCUT2D eigenvalue weighted by Gasteiger charge is 2.21. The second-order valence-electron chi connectivity index (χ2n) is 3.33. The van der Waals surface area contributed by atoms with Crippen LogP contribution in [0.3, 0.4) is 0 Å². The normalized spacial score (nSPS) is 13.8. The molecule has 1 aromatic rings. The monoisotopic (exact) mass is 266 g/mol. The van der Waals surface area contributed by atoms with Crippen molar-refractivity contribution in [3.63, 3.8) is 0 Å². The zero-order valence-corrected chi connectivity index (χ0v) is 10.1. The van der Waals surface area contributed by atoms with Crippen LogP contribution in [0.4, 0.5) is 4.39 Å². The van der Waals surface area contributed by atoms with Crippen LogP contribution >= 0.6 is 11.6 Å². The molecule has 3 N–H and O–H groups in total. The molecule has 0 fully saturated rings. The van der Waals surface area contributed by atoms with Crippen molar-refractivity contribution in [2.24, 2.45) is 5.73 Å². The third-order valence-electron chi connectivity index (χ3n) is 1.89. The third-order valence-corrected chi connectivity index (χ3v) is 3.73. The molecule has 0 unspecified atom stereocenters. The van der Waals surface area contributed by atoms with Crippen molar-refractivity contribution in [2.75, 3.05) is 6.54 Å². The Morgan fingerprint density at radius 2 is 2.19 bits per heavy atom. The van der Waals surface area contributed by atoms with E-state index in [9.17, 15) is 12.8 Å². The van der Waals surface area contributed by atoms with Crippen LogP contribution in [0.5, 0.6) is 0 Å². The minimum Gasteiger partial charge on any atom is -0.329 e. The topological polar surface area (TPSA) is 72.2 Å². The van der Waals surface area contributed by atoms with Gasteiger partial charge in [0.1, 0.15) is 10.7 Å². The molecule has 0 saturated heterocycles. The summed E-state index contributed by atoms with van der Waals surface area (Å²) in [5.74, 6) is -0.846. The van der Waals surface area contributed by atoms with E-state index in [0.717, 1.165) is 12.1 Å². The number of sulfonamides is 1. The minimum atomic E-state index is -3.91. The van der Waals surface area contributed by atoms with Gasteiger partial charge in [0.15, 0.2) is 0 Å². The van der Waals surface area contributed by atoms with Gasteiger partial charge in [0, 0.05) is 17.6 Å². The van der Waals surface area contributed by atoms with Gasteiger partial charge in [-0.25, -0.2) is 17.5 Å². The second kappa shape index (κ2) is 5.09. The van der Waals surface area contributed by atoms with Crippen LogP contribution in [-0.2, 0) is 10.0 Å². The Hall–Kier alpha value is -0.690. The zero-order chi connectivity index (χ0) is 12.3. The first-order valence-corrected chi connectivity index (χ1v) is 6.40. The molecule has 7 heteroatoms. The fourth-order valence-corrected chi connectivity index (χ4v) is 2.66. The molecule has 1 aromatic carbocycles. The zero-order valence-electron chi connectivity index (χ0n) is 8.57. The van der Waals surface area contributed by atoms with Crippen LogP contribution in [0.15, 0.2) is 23.1 Å². The molecule has 1 atom stereocenters. The third kappa shape index (κ3) is 3.15. The standard InChI is InChI=1S/C9H12ClFN2O2S/c1-6(5-12)13-16(14,15)9-4-7(10)2-3-8(9)11/h2-4,6,13H,5,12H2,1H3/t6-/m1/s1. The smallest absolute Gasteiger partial charge is 0.243 e. The van der Waals surface area contributed by atoms with Gasteiger partial charge in [0.25, 0.3) is 0 Å². The second-order valence-corrected chi connectivity index (χ2v) is 5.45. The van der Waals surface area contributed by atoms with E-state index in [4.69, 9.17) is 17.3 Å². The van der Waals surface area contributed by atoms with Crippen LogP contribution < -0.4 is 10.5 Å². The quantitative estimate of drug-likeness (QED) is 0.857. The Balaban J connectivity index is 3.12. The van der Waals surface area contributed by atoms with Gasteiger partial charge >= 0.3 is 0 Å². The summed E-state index contributed by atoms with van der Waals surface area (Å²) in [4.78, 5) is -0.472. The van der Waals surface area contributed by atoms with Crippen molar-refractivity contribution in [1.82, 2.24) is 4.72 Å². The first kappa shape index (κ1) is 13.4. The molecule has 0 saturated carbocycles. The van der Waals surface area contributed by atoms with Gasteiger partial charge in [0.05, 0.1) is 0 Å². The van der Waals surface area contributed by atoms with Crippen LogP contribution in [0, 0.1) is 5.82 Å². The number of nitrogens with one attached hydrogen (secondary N) is 1. The van der Waals surface area contributed by atoms with Crippen LogP contribution in [0.1, 0.15) is 6.92 Å². The van der Waals surface area contributed by atoms with Gasteiger partial charge in [-0.1, -0.05) is 11.6 Å². The van der Waals surface area contributed by atoms with Gasteiger partial charge in [-0.15, -0.1) is 0 Å². The van der Waals surface area contributed by atoms with E-state index >= 15 is 0 Å². The molecule has 0 aliphatic rings. The molecule has 4 nitrogen and oxygen atoms in total. The summed E-state index contributed by atoms with van der Waals surface area (Å²) in [6.45, 7) is 1.71. The molecule has 0 amide bonds. The summed E-state index contributed by atoms with van der Waals surface area (Å²) in [5, 5.41) is 0.155. The van der Waals surface area contributed by atoms with E-state index in [0.29, 0.717) is 0 Å². The molecule has 90 valence electrons. The highest BCUT2D eigenvalue weighted by atomic mass is 35.5. The summed E-state index contributed by atoms with van der Waals surface area (Å²) < 4.78 is 39.0. The Morgan fingerprint density at radius 3 is 2.75 bits per heavy atom. The molecule has 16 heavy (non-hydrogen) atoms. The average molecular weight is 267 g/mol. The van der Waals surface area contributed by atoms with E-state index in [-0.39, 0.29) is 11.6 Å². The number of nitrogens with two attached hydrogens (primary N) is 1. The molecule has 0 aliphatic carbocycles. The highest BCUT2D eigenvalue weighted by molar-refractivity contribution is 7.89. The average Bonchev–Trinajstić information content (AvgIpc) is 2.20. The maximum Gasteiger partial charge on any atom is 0.243 e. The van der Waals surface area contributed by atoms with Crippen LogP contribution in [0.2, 0.25) is 5.02 Å². The predicted molar refractivity (Wildman–Crippen MR) is 60.2 cm³/mol. The molecular formula is C9H12ClFN2O2S. The number of hydrogen-bond acceptors (Lipinski definition) is 3. The molecule has 1 rings (SSSR count). The van der Waals surface area contributed by atoms with E-state index < -0.39 is 26.8 Å². The summed E-state index contributed by atoms with van der Waals surface area (Å²) in [6, 6.07) is 2.87. The molecule has 0 aliphatic heterocycles. The van der Waals surface area contributed by atoms with Crippen molar-refractivity contribution < 1.29 is 12.8 Å². The number of hydrogen-bond donors (Lipinski definition) is 2. The highest BCUT2D eigenvalue weighted by Crippen LogP contribution is 2.19. The van der Waals surface area contributed by atoms with E-state index in [2.05, 4.69) is 4.72 Å². The summed E-state index contributed by atoms with van der Waals surface area (Å²) >= 11 is 5.61. The van der Waals surface area contributed by atoms with Crippen molar-refractivity contribution in [2.45, 2.75) is 17.9 Å². The lowest BCUT2D eigenvalue weighted by atomic mass is 10.3. The van der Waals surface area contributed by atoms with Crippen molar-refractivity contribution in [3.05, 3.63) is 29.0 Å². The first-order valence-electron chi connectivity index (χ1n) is 4.54. The number of halogens is 2. The number of rotatable bonds is 4. The fourth-order valence-electron chi connectivity index (χ4n) is 1.06. The first-order chi connectivity index (χ1) is 7.36. The van der Waals surface area contributed by atoms with E-state index in [1.165, 1.54) is 6.07 Å². The van der Waals surface area contributed by atoms with E-state index in [1.807, 2.05) is 0 Å². The van der Waals surface area contributed by atoms with E-state index in [1.54, 1.807) is 6.92 Å². The van der Waals surface area contributed by atoms with Crippen LogP contribution in [0.25, 0.3) is 0 Å². The molecule has 0 radical (unpaired) electrons. The number of benzene rings is 1. The maximum absolute atomic E-state index is 13.3. The Bertz CT molecular complexity index is 478. The van der Waals surface area contributed by atoms with Gasteiger partial charge in [-0.2, -0.15) is 0 Å². The SMILES string of the molecule is C[C@H](CN)NS(=O)(=O)c1cc(Cl)ccc1F. The fraction of sp³-hybridized carbons (Fsp3) is 0.333. The lowest BCUT2D eigenvalue weighted by Gasteiger charge is -2.12. The Labute approximate surface area is 98.6 Å². The van der Waals surface area contributed by atoms with Crippen molar-refractivity contribution in [3.8, 4) is 0 Å².